The van der Waals surface area contributed by atoms with Gasteiger partial charge >= 0.3 is 0 Å². The van der Waals surface area contributed by atoms with Crippen LogP contribution in [-0.4, -0.2) is 4.98 Å². The maximum Gasteiger partial charge on any atom is 0.213 e. The van der Waals surface area contributed by atoms with Crippen LogP contribution < -0.4 is 11.1 Å². The van der Waals surface area contributed by atoms with Crippen LogP contribution in [0.4, 0.5) is 11.4 Å². The average Bonchev–Trinajstić information content (AvgIpc) is 2.70. The van der Waals surface area contributed by atoms with Gasteiger partial charge in [-0.3, -0.25) is 0 Å². The van der Waals surface area contributed by atoms with Crippen molar-refractivity contribution in [2.45, 2.75) is 26.8 Å². The van der Waals surface area contributed by atoms with Crippen molar-refractivity contribution in [1.29, 1.82) is 5.26 Å². The Hall–Kier alpha value is -2.48. The van der Waals surface area contributed by atoms with Gasteiger partial charge in [0.05, 0.1) is 24.7 Å². The number of hydrogen-bond donors (Lipinski definition) is 2. The van der Waals surface area contributed by atoms with Crippen LogP contribution in [0, 0.1) is 25.2 Å². The summed E-state index contributed by atoms with van der Waals surface area (Å²) < 4.78 is 5.49. The fourth-order valence-corrected chi connectivity index (χ4v) is 1.75. The van der Waals surface area contributed by atoms with Crippen LogP contribution in [0.1, 0.15) is 22.9 Å². The Bertz CT molecular complexity index is 605. The van der Waals surface area contributed by atoms with Gasteiger partial charge in [0, 0.05) is 11.4 Å². The molecule has 1 aromatic carbocycles. The number of aromatic nitrogens is 1. The third-order valence-electron chi connectivity index (χ3n) is 2.93. The molecule has 0 unspecified atom stereocenters. The molecule has 0 aliphatic heterocycles. The number of anilines is 2. The van der Waals surface area contributed by atoms with E-state index in [1.807, 2.05) is 26.0 Å². The number of nitriles is 1. The van der Waals surface area contributed by atoms with Crippen LogP contribution in [0.15, 0.2) is 22.6 Å². The highest BCUT2D eigenvalue weighted by atomic mass is 16.4. The Labute approximate surface area is 112 Å². The van der Waals surface area contributed by atoms with E-state index in [0.29, 0.717) is 24.5 Å². The zero-order valence-electron chi connectivity index (χ0n) is 11.0. The molecule has 0 spiro atoms. The quantitative estimate of drug-likeness (QED) is 0.821. The number of benzene rings is 1. The molecule has 5 nitrogen and oxygen atoms in total. The van der Waals surface area contributed by atoms with Gasteiger partial charge in [-0.25, -0.2) is 4.98 Å². The first-order valence-corrected chi connectivity index (χ1v) is 6.02. The summed E-state index contributed by atoms with van der Waals surface area (Å²) >= 11 is 0. The lowest BCUT2D eigenvalue weighted by Gasteiger charge is -2.07. The summed E-state index contributed by atoms with van der Waals surface area (Å²) in [5.74, 6) is 1.48. The van der Waals surface area contributed by atoms with Gasteiger partial charge in [-0.1, -0.05) is 0 Å². The van der Waals surface area contributed by atoms with Crippen molar-refractivity contribution in [2.24, 2.45) is 0 Å². The molecule has 2 aromatic rings. The number of nitrogens with zero attached hydrogens (tertiary/aromatic N) is 2. The molecular formula is C14H16N4O. The lowest BCUT2D eigenvalue weighted by atomic mass is 10.1. The molecule has 0 saturated carbocycles. The highest BCUT2D eigenvalue weighted by Gasteiger charge is 2.06. The molecular weight excluding hydrogens is 240 g/mol. The molecule has 1 aromatic heterocycles. The monoisotopic (exact) mass is 256 g/mol. The standard InChI is InChI=1S/C14H16N4O/c1-9-10(2)19-14(18-9)8-17-12-3-4-13(16)11(7-12)5-6-15/h3-4,7,17H,5,8,16H2,1-2H3. The SMILES string of the molecule is Cc1nc(CNc2ccc(N)c(CC#N)c2)oc1C. The maximum absolute atomic E-state index is 8.73. The topological polar surface area (TPSA) is 87.9 Å². The third-order valence-corrected chi connectivity index (χ3v) is 2.93. The van der Waals surface area contributed by atoms with E-state index in [1.54, 1.807) is 6.07 Å². The molecule has 0 radical (unpaired) electrons. The van der Waals surface area contributed by atoms with Crippen molar-refractivity contribution < 1.29 is 4.42 Å². The van der Waals surface area contributed by atoms with Crippen LogP contribution in [0.25, 0.3) is 0 Å². The molecule has 0 amide bonds. The second kappa shape index (κ2) is 5.44. The number of nitrogens with one attached hydrogen (secondary N) is 1. The second-order valence-corrected chi connectivity index (χ2v) is 4.35. The lowest BCUT2D eigenvalue weighted by molar-refractivity contribution is 0.478. The van der Waals surface area contributed by atoms with Gasteiger partial charge in [0.1, 0.15) is 5.76 Å². The number of hydrogen-bond acceptors (Lipinski definition) is 5. The molecule has 0 saturated heterocycles. The molecule has 2 rings (SSSR count). The second-order valence-electron chi connectivity index (χ2n) is 4.35. The highest BCUT2D eigenvalue weighted by Crippen LogP contribution is 2.19. The van der Waals surface area contributed by atoms with Gasteiger partial charge in [-0.05, 0) is 37.6 Å². The van der Waals surface area contributed by atoms with Crippen LogP contribution in [0.3, 0.4) is 0 Å². The zero-order valence-corrected chi connectivity index (χ0v) is 11.0. The van der Waals surface area contributed by atoms with E-state index in [1.165, 1.54) is 0 Å². The molecule has 98 valence electrons. The number of rotatable bonds is 4. The summed E-state index contributed by atoms with van der Waals surface area (Å²) in [6.07, 6.45) is 0.304. The van der Waals surface area contributed by atoms with E-state index in [9.17, 15) is 0 Å². The normalized spacial score (nSPS) is 10.2. The van der Waals surface area contributed by atoms with Gasteiger partial charge in [0.2, 0.25) is 5.89 Å². The fraction of sp³-hybridized carbons (Fsp3) is 0.286. The van der Waals surface area contributed by atoms with Gasteiger partial charge in [0.15, 0.2) is 0 Å². The van der Waals surface area contributed by atoms with E-state index < -0.39 is 0 Å². The van der Waals surface area contributed by atoms with E-state index >= 15 is 0 Å². The van der Waals surface area contributed by atoms with Crippen molar-refractivity contribution in [1.82, 2.24) is 4.98 Å². The largest absolute Gasteiger partial charge is 0.444 e. The molecule has 0 fully saturated rings. The molecule has 1 heterocycles. The summed E-state index contributed by atoms with van der Waals surface area (Å²) in [5, 5.41) is 11.9. The van der Waals surface area contributed by atoms with Crippen molar-refractivity contribution >= 4 is 11.4 Å². The minimum absolute atomic E-state index is 0.304. The van der Waals surface area contributed by atoms with Crippen LogP contribution >= 0.6 is 0 Å². The summed E-state index contributed by atoms with van der Waals surface area (Å²) in [4.78, 5) is 4.30. The predicted octanol–water partition coefficient (Wildman–Crippen LogP) is 2.55. The smallest absolute Gasteiger partial charge is 0.213 e. The predicted molar refractivity (Wildman–Crippen MR) is 73.5 cm³/mol. The van der Waals surface area contributed by atoms with Crippen LogP contribution in [0.5, 0.6) is 0 Å². The summed E-state index contributed by atoms with van der Waals surface area (Å²) in [5.41, 5.74) is 9.05. The lowest BCUT2D eigenvalue weighted by Crippen LogP contribution is -2.01. The van der Waals surface area contributed by atoms with Gasteiger partial charge in [-0.2, -0.15) is 5.26 Å². The molecule has 19 heavy (non-hydrogen) atoms. The van der Waals surface area contributed by atoms with Crippen LogP contribution in [-0.2, 0) is 13.0 Å². The maximum atomic E-state index is 8.73. The first-order chi connectivity index (χ1) is 9.10. The molecule has 0 atom stereocenters. The minimum atomic E-state index is 0.304. The number of nitrogens with two attached hydrogens (primary N) is 1. The number of oxazole rings is 1. The van der Waals surface area contributed by atoms with Gasteiger partial charge in [0.25, 0.3) is 0 Å². The molecule has 0 aliphatic carbocycles. The van der Waals surface area contributed by atoms with E-state index in [0.717, 1.165) is 22.7 Å². The van der Waals surface area contributed by atoms with Crippen molar-refractivity contribution in [3.05, 3.63) is 41.1 Å². The Morgan fingerprint density at radius 2 is 2.21 bits per heavy atom. The number of nitrogen functional groups attached to an aromatic ring is 1. The Morgan fingerprint density at radius 3 is 2.84 bits per heavy atom. The molecule has 5 heteroatoms. The van der Waals surface area contributed by atoms with E-state index in [4.69, 9.17) is 15.4 Å². The summed E-state index contributed by atoms with van der Waals surface area (Å²) in [7, 11) is 0. The van der Waals surface area contributed by atoms with E-state index in [2.05, 4.69) is 16.4 Å². The van der Waals surface area contributed by atoms with Gasteiger partial charge in [-0.15, -0.1) is 0 Å². The van der Waals surface area contributed by atoms with Crippen molar-refractivity contribution in [3.63, 3.8) is 0 Å². The molecule has 3 N–H and O–H groups in total. The van der Waals surface area contributed by atoms with Crippen molar-refractivity contribution in [3.8, 4) is 6.07 Å². The summed E-state index contributed by atoms with van der Waals surface area (Å²) in [6, 6.07) is 7.64. The fourth-order valence-electron chi connectivity index (χ4n) is 1.75. The number of aryl methyl sites for hydroxylation is 2. The van der Waals surface area contributed by atoms with Gasteiger partial charge < -0.3 is 15.5 Å². The first-order valence-electron chi connectivity index (χ1n) is 6.02. The Morgan fingerprint density at radius 1 is 1.42 bits per heavy atom. The minimum Gasteiger partial charge on any atom is -0.444 e. The first kappa shape index (κ1) is 13.0. The zero-order chi connectivity index (χ0) is 13.8. The Balaban J connectivity index is 2.07. The van der Waals surface area contributed by atoms with Crippen molar-refractivity contribution in [2.75, 3.05) is 11.1 Å². The van der Waals surface area contributed by atoms with Crippen LogP contribution in [0.2, 0.25) is 0 Å². The highest BCUT2D eigenvalue weighted by molar-refractivity contribution is 5.57. The molecule has 0 bridgehead atoms. The third kappa shape index (κ3) is 3.05. The summed E-state index contributed by atoms with van der Waals surface area (Å²) in [6.45, 7) is 4.31. The molecule has 0 aliphatic rings. The van der Waals surface area contributed by atoms with E-state index in [-0.39, 0.29) is 0 Å². The Kier molecular flexibility index (Phi) is 3.71. The average molecular weight is 256 g/mol.